The summed E-state index contributed by atoms with van der Waals surface area (Å²) >= 11 is 1.71. The molecule has 36 heavy (non-hydrogen) atoms. The van der Waals surface area contributed by atoms with Crippen molar-refractivity contribution in [2.24, 2.45) is 17.8 Å². The number of hydrogen-bond acceptors (Lipinski definition) is 5. The maximum atomic E-state index is 13.5. The van der Waals surface area contributed by atoms with Gasteiger partial charge in [0.1, 0.15) is 0 Å². The van der Waals surface area contributed by atoms with E-state index < -0.39 is 5.60 Å². The van der Waals surface area contributed by atoms with E-state index in [1.54, 1.807) is 18.9 Å². The number of piperidine rings is 1. The van der Waals surface area contributed by atoms with Gasteiger partial charge in [0.05, 0.1) is 5.60 Å². The normalized spacial score (nSPS) is 21.8. The van der Waals surface area contributed by atoms with Crippen LogP contribution in [-0.2, 0) is 15.1 Å². The van der Waals surface area contributed by atoms with Crippen LogP contribution in [0.15, 0.2) is 29.2 Å². The minimum atomic E-state index is -0.926. The molecule has 1 saturated heterocycles. The molecule has 2 fully saturated rings. The smallest absolute Gasteiger partial charge is 0.222 e. The van der Waals surface area contributed by atoms with Crippen molar-refractivity contribution in [2.75, 3.05) is 46.7 Å². The average Bonchev–Trinajstić information content (AvgIpc) is 2.91. The summed E-state index contributed by atoms with van der Waals surface area (Å²) in [6.45, 7) is 3.09. The molecule has 0 unspecified atom stereocenters. The fourth-order valence-electron chi connectivity index (χ4n) is 6.51. The Morgan fingerprint density at radius 1 is 1.22 bits per heavy atom. The van der Waals surface area contributed by atoms with Gasteiger partial charge in [0.25, 0.3) is 0 Å². The number of hydrogen-bond donors (Lipinski definition) is 2. The molecule has 1 aliphatic carbocycles. The number of nitrogens with zero attached hydrogens (tertiary/aromatic N) is 1. The van der Waals surface area contributed by atoms with Crippen molar-refractivity contribution >= 4 is 17.7 Å². The van der Waals surface area contributed by atoms with Gasteiger partial charge < -0.3 is 20.1 Å². The molecular weight excluding hydrogens is 468 g/mol. The van der Waals surface area contributed by atoms with Gasteiger partial charge in [-0.3, -0.25) is 4.79 Å². The first-order valence-corrected chi connectivity index (χ1v) is 15.5. The zero-order chi connectivity index (χ0) is 25.8. The largest absolute Gasteiger partial charge is 0.385 e. The molecule has 2 N–H and O–H groups in total. The molecule has 3 atom stereocenters. The van der Waals surface area contributed by atoms with Gasteiger partial charge in [0.15, 0.2) is 0 Å². The van der Waals surface area contributed by atoms with Gasteiger partial charge in [-0.15, -0.1) is 11.8 Å². The summed E-state index contributed by atoms with van der Waals surface area (Å²) in [5.41, 5.74) is 0.0710. The molecule has 1 heterocycles. The van der Waals surface area contributed by atoms with E-state index in [-0.39, 0.29) is 11.8 Å². The van der Waals surface area contributed by atoms with Crippen molar-refractivity contribution in [3.8, 4) is 0 Å². The molecule has 2 aliphatic rings. The topological polar surface area (TPSA) is 61.8 Å². The molecule has 1 aromatic carbocycles. The maximum absolute atomic E-state index is 13.5. The number of carbonyl (C=O) groups is 1. The fraction of sp³-hybridized carbons (Fsp3) is 0.767. The van der Waals surface area contributed by atoms with Crippen LogP contribution in [0.4, 0.5) is 0 Å². The molecule has 1 amide bonds. The predicted octanol–water partition coefficient (Wildman–Crippen LogP) is 5.85. The summed E-state index contributed by atoms with van der Waals surface area (Å²) in [5, 5.41) is 15.6. The van der Waals surface area contributed by atoms with Gasteiger partial charge in [-0.2, -0.15) is 0 Å². The number of methoxy groups -OCH3 is 1. The maximum Gasteiger partial charge on any atom is 0.222 e. The zero-order valence-electron chi connectivity index (χ0n) is 23.0. The van der Waals surface area contributed by atoms with Crippen LogP contribution in [0.3, 0.4) is 0 Å². The molecule has 5 nitrogen and oxygen atoms in total. The molecule has 204 valence electrons. The van der Waals surface area contributed by atoms with Crippen LogP contribution in [0.5, 0.6) is 0 Å². The van der Waals surface area contributed by atoms with Crippen molar-refractivity contribution in [3.63, 3.8) is 0 Å². The molecule has 0 radical (unpaired) electrons. The lowest BCUT2D eigenvalue weighted by molar-refractivity contribution is -0.138. The summed E-state index contributed by atoms with van der Waals surface area (Å²) in [6, 6.07) is 8.38. The lowest BCUT2D eigenvalue weighted by Crippen LogP contribution is -2.48. The van der Waals surface area contributed by atoms with Gasteiger partial charge in [-0.05, 0) is 87.9 Å². The lowest BCUT2D eigenvalue weighted by atomic mass is 9.74. The van der Waals surface area contributed by atoms with Crippen LogP contribution in [0.1, 0.15) is 82.6 Å². The molecule has 1 aromatic rings. The van der Waals surface area contributed by atoms with E-state index in [9.17, 15) is 9.90 Å². The number of unbranched alkanes of at least 4 members (excludes halogenated alkanes) is 1. The predicted molar refractivity (Wildman–Crippen MR) is 150 cm³/mol. The SMILES string of the molecule is CNC[C@@H](CC(=O)N1CCC[C@@H]([C@@](O)(CCCCOC)c2cccc(SC)c2)C1)CC1CCCCC1. The lowest BCUT2D eigenvalue weighted by Gasteiger charge is -2.43. The average molecular weight is 519 g/mol. The minimum absolute atomic E-state index is 0.0518. The Bertz CT molecular complexity index is 785. The third-order valence-corrected chi connectivity index (χ3v) is 9.25. The highest BCUT2D eigenvalue weighted by molar-refractivity contribution is 7.98. The number of benzene rings is 1. The second-order valence-corrected chi connectivity index (χ2v) is 12.0. The fourth-order valence-corrected chi connectivity index (χ4v) is 6.97. The quantitative estimate of drug-likeness (QED) is 0.239. The van der Waals surface area contributed by atoms with Gasteiger partial charge in [-0.25, -0.2) is 0 Å². The van der Waals surface area contributed by atoms with E-state index >= 15 is 0 Å². The first-order valence-electron chi connectivity index (χ1n) is 14.3. The molecule has 6 heteroatoms. The Morgan fingerprint density at radius 3 is 2.75 bits per heavy atom. The van der Waals surface area contributed by atoms with Crippen LogP contribution in [-0.4, -0.2) is 62.6 Å². The number of likely N-dealkylation sites (tertiary alicyclic amines) is 1. The zero-order valence-corrected chi connectivity index (χ0v) is 23.8. The summed E-state index contributed by atoms with van der Waals surface area (Å²) in [7, 11) is 3.73. The molecule has 0 aromatic heterocycles. The summed E-state index contributed by atoms with van der Waals surface area (Å²) in [4.78, 5) is 16.8. The molecule has 3 rings (SSSR count). The Hall–Kier alpha value is -1.08. The Kier molecular flexibility index (Phi) is 12.6. The molecular formula is C30H50N2O3S. The van der Waals surface area contributed by atoms with Crippen LogP contribution in [0.25, 0.3) is 0 Å². The molecule has 0 bridgehead atoms. The highest BCUT2D eigenvalue weighted by atomic mass is 32.2. The van der Waals surface area contributed by atoms with Crippen LogP contribution < -0.4 is 5.32 Å². The second-order valence-electron chi connectivity index (χ2n) is 11.2. The number of nitrogens with one attached hydrogen (secondary N) is 1. The molecule has 1 aliphatic heterocycles. The minimum Gasteiger partial charge on any atom is -0.385 e. The van der Waals surface area contributed by atoms with Gasteiger partial charge in [-0.1, -0.05) is 44.2 Å². The van der Waals surface area contributed by atoms with Crippen molar-refractivity contribution in [1.82, 2.24) is 10.2 Å². The summed E-state index contributed by atoms with van der Waals surface area (Å²) < 4.78 is 5.26. The van der Waals surface area contributed by atoms with E-state index in [2.05, 4.69) is 40.7 Å². The number of rotatable bonds is 14. The van der Waals surface area contributed by atoms with E-state index in [0.29, 0.717) is 31.9 Å². The van der Waals surface area contributed by atoms with Crippen molar-refractivity contribution in [1.29, 1.82) is 0 Å². The van der Waals surface area contributed by atoms with Crippen LogP contribution >= 0.6 is 11.8 Å². The summed E-state index contributed by atoms with van der Waals surface area (Å²) in [6.07, 6.45) is 15.0. The Balaban J connectivity index is 1.70. The highest BCUT2D eigenvalue weighted by Crippen LogP contribution is 2.41. The van der Waals surface area contributed by atoms with Crippen molar-refractivity contribution < 1.29 is 14.6 Å². The number of aliphatic hydroxyl groups is 1. The van der Waals surface area contributed by atoms with E-state index in [0.717, 1.165) is 56.7 Å². The standard InChI is InChI=1S/C30H50N2O3S/c1-31-22-25(19-24-11-5-4-6-12-24)20-29(33)32-17-10-14-27(23-32)30(34,16-7-8-18-35-2)26-13-9-15-28(21-26)36-3/h9,13,15,21,24-25,27,31,34H,4-8,10-12,14,16-20,22-23H2,1-3H3/t25-,27-,30-/m1/s1. The van der Waals surface area contributed by atoms with Crippen molar-refractivity contribution in [2.45, 2.75) is 87.5 Å². The van der Waals surface area contributed by atoms with Crippen molar-refractivity contribution in [3.05, 3.63) is 29.8 Å². The highest BCUT2D eigenvalue weighted by Gasteiger charge is 2.41. The third kappa shape index (κ3) is 8.47. The molecule has 1 saturated carbocycles. The molecule has 0 spiro atoms. The summed E-state index contributed by atoms with van der Waals surface area (Å²) in [5.74, 6) is 1.50. The third-order valence-electron chi connectivity index (χ3n) is 8.52. The number of thioether (sulfide) groups is 1. The number of ether oxygens (including phenoxy) is 1. The van der Waals surface area contributed by atoms with Crippen LogP contribution in [0, 0.1) is 17.8 Å². The first-order chi connectivity index (χ1) is 17.5. The Morgan fingerprint density at radius 2 is 2.03 bits per heavy atom. The van der Waals surface area contributed by atoms with Gasteiger partial charge in [0.2, 0.25) is 5.91 Å². The van der Waals surface area contributed by atoms with Crippen LogP contribution in [0.2, 0.25) is 0 Å². The van der Waals surface area contributed by atoms with E-state index in [1.165, 1.54) is 37.0 Å². The first kappa shape index (κ1) is 29.5. The van der Waals surface area contributed by atoms with Gasteiger partial charge >= 0.3 is 0 Å². The Labute approximate surface area is 224 Å². The second kappa shape index (κ2) is 15.4. The van der Waals surface area contributed by atoms with E-state index in [1.807, 2.05) is 7.05 Å². The number of amides is 1. The van der Waals surface area contributed by atoms with Gasteiger partial charge in [0, 0.05) is 44.0 Å². The number of carbonyl (C=O) groups excluding carboxylic acids is 1. The monoisotopic (exact) mass is 518 g/mol. The van der Waals surface area contributed by atoms with E-state index in [4.69, 9.17) is 4.74 Å².